The second kappa shape index (κ2) is 8.52. The molecule has 1 aliphatic carbocycles. The van der Waals surface area contributed by atoms with Crippen molar-refractivity contribution in [3.63, 3.8) is 0 Å². The highest BCUT2D eigenvalue weighted by Crippen LogP contribution is 2.30. The van der Waals surface area contributed by atoms with Crippen molar-refractivity contribution in [2.24, 2.45) is 0 Å². The van der Waals surface area contributed by atoms with Crippen molar-refractivity contribution in [2.75, 3.05) is 18.5 Å². The molecular weight excluding hydrogens is 396 g/mol. The van der Waals surface area contributed by atoms with E-state index in [1.54, 1.807) is 31.3 Å². The third-order valence-corrected chi connectivity index (χ3v) is 8.39. The van der Waals surface area contributed by atoms with Crippen LogP contribution in [0.25, 0.3) is 0 Å². The summed E-state index contributed by atoms with van der Waals surface area (Å²) in [6.45, 7) is 2.74. The Kier molecular flexibility index (Phi) is 5.98. The Labute approximate surface area is 179 Å². The third-order valence-electron chi connectivity index (χ3n) is 6.47. The molecule has 2 aromatic carbocycles. The van der Waals surface area contributed by atoms with E-state index in [-0.39, 0.29) is 16.8 Å². The lowest BCUT2D eigenvalue weighted by molar-refractivity contribution is 0.0985. The maximum Gasteiger partial charge on any atom is 0.258 e. The van der Waals surface area contributed by atoms with Crippen molar-refractivity contribution in [2.45, 2.75) is 62.8 Å². The van der Waals surface area contributed by atoms with Crippen molar-refractivity contribution in [3.05, 3.63) is 59.2 Å². The second-order valence-electron chi connectivity index (χ2n) is 8.53. The van der Waals surface area contributed by atoms with Gasteiger partial charge >= 0.3 is 0 Å². The minimum atomic E-state index is -3.55. The summed E-state index contributed by atoms with van der Waals surface area (Å²) < 4.78 is 27.6. The van der Waals surface area contributed by atoms with E-state index in [1.165, 1.54) is 21.9 Å². The van der Waals surface area contributed by atoms with Gasteiger partial charge in [0.25, 0.3) is 5.91 Å². The first kappa shape index (κ1) is 21.1. The van der Waals surface area contributed by atoms with Crippen LogP contribution in [0.2, 0.25) is 0 Å². The molecule has 0 N–H and O–H groups in total. The Balaban J connectivity index is 1.55. The van der Waals surface area contributed by atoms with Crippen molar-refractivity contribution in [3.8, 4) is 0 Å². The van der Waals surface area contributed by atoms with E-state index in [2.05, 4.69) is 13.0 Å². The molecule has 0 unspecified atom stereocenters. The minimum Gasteiger partial charge on any atom is -0.308 e. The summed E-state index contributed by atoms with van der Waals surface area (Å²) >= 11 is 0. The lowest BCUT2D eigenvalue weighted by Crippen LogP contribution is -2.38. The van der Waals surface area contributed by atoms with Crippen LogP contribution in [-0.2, 0) is 16.4 Å². The maximum absolute atomic E-state index is 13.2. The Morgan fingerprint density at radius 1 is 1.00 bits per heavy atom. The molecule has 0 saturated heterocycles. The van der Waals surface area contributed by atoms with E-state index in [4.69, 9.17) is 0 Å². The second-order valence-corrected chi connectivity index (χ2v) is 10.5. The average Bonchev–Trinajstić information content (AvgIpc) is 2.78. The van der Waals surface area contributed by atoms with Crippen molar-refractivity contribution in [1.29, 1.82) is 0 Å². The number of nitrogens with zero attached hydrogens (tertiary/aromatic N) is 2. The van der Waals surface area contributed by atoms with Crippen LogP contribution >= 0.6 is 0 Å². The van der Waals surface area contributed by atoms with Gasteiger partial charge in [-0.15, -0.1) is 0 Å². The fourth-order valence-corrected chi connectivity index (χ4v) is 6.09. The summed E-state index contributed by atoms with van der Waals surface area (Å²) in [4.78, 5) is 15.2. The third kappa shape index (κ3) is 4.03. The number of sulfonamides is 1. The van der Waals surface area contributed by atoms with Gasteiger partial charge in [0.1, 0.15) is 0 Å². The van der Waals surface area contributed by atoms with Gasteiger partial charge in [-0.2, -0.15) is 4.31 Å². The fourth-order valence-electron chi connectivity index (χ4n) is 4.67. The number of amides is 1. The van der Waals surface area contributed by atoms with Gasteiger partial charge in [0.05, 0.1) is 4.90 Å². The predicted molar refractivity (Wildman–Crippen MR) is 119 cm³/mol. The largest absolute Gasteiger partial charge is 0.308 e. The molecule has 5 nitrogen and oxygen atoms in total. The minimum absolute atomic E-state index is 0.0679. The SMILES string of the molecule is Cc1ccc2c(c1)CCCN2C(=O)c1ccc(S(=O)(=O)N(C)C2CCCCC2)cc1. The molecule has 30 heavy (non-hydrogen) atoms. The smallest absolute Gasteiger partial charge is 0.258 e. The number of aryl methyl sites for hydroxylation is 2. The van der Waals surface area contributed by atoms with Crippen LogP contribution in [0.15, 0.2) is 47.4 Å². The zero-order valence-electron chi connectivity index (χ0n) is 17.8. The average molecular weight is 427 g/mol. The van der Waals surface area contributed by atoms with E-state index < -0.39 is 10.0 Å². The Bertz CT molecular complexity index is 1020. The molecule has 4 rings (SSSR count). The Hall–Kier alpha value is -2.18. The van der Waals surface area contributed by atoms with Crippen LogP contribution in [0.1, 0.15) is 60.0 Å². The van der Waals surface area contributed by atoms with Gasteiger partial charge in [-0.05, 0) is 68.5 Å². The molecule has 1 aliphatic heterocycles. The number of fused-ring (bicyclic) bond motifs is 1. The standard InChI is InChI=1S/C24H30N2O3S/c1-18-10-15-23-20(17-18)7-6-16-26(23)24(27)19-11-13-22(14-12-19)30(28,29)25(2)21-8-4-3-5-9-21/h10-15,17,21H,3-9,16H2,1-2H3. The number of benzene rings is 2. The molecule has 160 valence electrons. The number of carbonyl (C=O) groups is 1. The molecule has 1 fully saturated rings. The quantitative estimate of drug-likeness (QED) is 0.721. The molecule has 0 atom stereocenters. The zero-order chi connectivity index (χ0) is 21.3. The zero-order valence-corrected chi connectivity index (χ0v) is 18.6. The first-order chi connectivity index (χ1) is 14.4. The summed E-state index contributed by atoms with van der Waals surface area (Å²) in [5.41, 5.74) is 3.87. The van der Waals surface area contributed by atoms with Gasteiger partial charge in [-0.3, -0.25) is 4.79 Å². The van der Waals surface area contributed by atoms with E-state index in [0.717, 1.165) is 44.2 Å². The van der Waals surface area contributed by atoms with Crippen LogP contribution in [-0.4, -0.2) is 38.3 Å². The summed E-state index contributed by atoms with van der Waals surface area (Å²) in [6.07, 6.45) is 7.08. The highest BCUT2D eigenvalue weighted by atomic mass is 32.2. The number of carbonyl (C=O) groups excluding carboxylic acids is 1. The van der Waals surface area contributed by atoms with Gasteiger partial charge in [0.2, 0.25) is 10.0 Å². The summed E-state index contributed by atoms with van der Waals surface area (Å²) in [6, 6.07) is 12.7. The molecule has 1 saturated carbocycles. The molecule has 1 heterocycles. The highest BCUT2D eigenvalue weighted by molar-refractivity contribution is 7.89. The van der Waals surface area contributed by atoms with Gasteiger partial charge in [-0.25, -0.2) is 8.42 Å². The van der Waals surface area contributed by atoms with E-state index >= 15 is 0 Å². The van der Waals surface area contributed by atoms with E-state index in [0.29, 0.717) is 12.1 Å². The first-order valence-corrected chi connectivity index (χ1v) is 12.3. The van der Waals surface area contributed by atoms with Crippen LogP contribution in [0.5, 0.6) is 0 Å². The van der Waals surface area contributed by atoms with E-state index in [1.807, 2.05) is 17.0 Å². The number of hydrogen-bond acceptors (Lipinski definition) is 3. The molecule has 2 aliphatic rings. The maximum atomic E-state index is 13.2. The topological polar surface area (TPSA) is 57.7 Å². The van der Waals surface area contributed by atoms with Gasteiger partial charge in [0, 0.05) is 30.9 Å². The molecule has 2 aromatic rings. The van der Waals surface area contributed by atoms with Crippen LogP contribution in [0, 0.1) is 6.92 Å². The van der Waals surface area contributed by atoms with Crippen molar-refractivity contribution in [1.82, 2.24) is 4.31 Å². The van der Waals surface area contributed by atoms with E-state index in [9.17, 15) is 13.2 Å². The molecule has 0 spiro atoms. The number of anilines is 1. The molecule has 0 aromatic heterocycles. The predicted octanol–water partition coefficient (Wildman–Crippen LogP) is 4.54. The first-order valence-electron chi connectivity index (χ1n) is 10.9. The Morgan fingerprint density at radius 3 is 2.40 bits per heavy atom. The lowest BCUT2D eigenvalue weighted by Gasteiger charge is -2.31. The molecule has 6 heteroatoms. The van der Waals surface area contributed by atoms with Crippen molar-refractivity contribution >= 4 is 21.6 Å². The normalized spacial score (nSPS) is 17.8. The van der Waals surface area contributed by atoms with Crippen LogP contribution in [0.4, 0.5) is 5.69 Å². The van der Waals surface area contributed by atoms with Gasteiger partial charge in [-0.1, -0.05) is 37.0 Å². The highest BCUT2D eigenvalue weighted by Gasteiger charge is 2.29. The number of hydrogen-bond donors (Lipinski definition) is 0. The number of rotatable bonds is 4. The fraction of sp³-hybridized carbons (Fsp3) is 0.458. The molecule has 0 radical (unpaired) electrons. The van der Waals surface area contributed by atoms with Crippen molar-refractivity contribution < 1.29 is 13.2 Å². The van der Waals surface area contributed by atoms with Crippen LogP contribution in [0.3, 0.4) is 0 Å². The molecular formula is C24H30N2O3S. The summed E-state index contributed by atoms with van der Waals surface area (Å²) in [7, 11) is -1.87. The van der Waals surface area contributed by atoms with Gasteiger partial charge < -0.3 is 4.90 Å². The molecule has 1 amide bonds. The lowest BCUT2D eigenvalue weighted by atomic mass is 9.96. The molecule has 0 bridgehead atoms. The summed E-state index contributed by atoms with van der Waals surface area (Å²) in [5, 5.41) is 0. The van der Waals surface area contributed by atoms with Crippen LogP contribution < -0.4 is 4.90 Å². The Morgan fingerprint density at radius 2 is 1.70 bits per heavy atom. The summed E-state index contributed by atoms with van der Waals surface area (Å²) in [5.74, 6) is -0.0793. The monoisotopic (exact) mass is 426 g/mol. The van der Waals surface area contributed by atoms with Gasteiger partial charge in [0.15, 0.2) is 0 Å².